The molecule has 0 atom stereocenters. The molecule has 1 aromatic heterocycles. The smallest absolute Gasteiger partial charge is 0.278 e. The molecule has 24 heavy (non-hydrogen) atoms. The number of ether oxygens (including phenoxy) is 2. The summed E-state index contributed by atoms with van der Waals surface area (Å²) in [6, 6.07) is 14.5. The highest BCUT2D eigenvalue weighted by Gasteiger charge is 2.18. The Kier molecular flexibility index (Phi) is 4.47. The first-order chi connectivity index (χ1) is 11.7. The molecule has 0 aliphatic carbocycles. The number of carbonyl (C=O) groups is 1. The molecule has 0 saturated heterocycles. The van der Waals surface area contributed by atoms with E-state index in [0.717, 1.165) is 5.56 Å². The van der Waals surface area contributed by atoms with Crippen molar-refractivity contribution in [1.82, 2.24) is 4.98 Å². The van der Waals surface area contributed by atoms with Gasteiger partial charge in [0.25, 0.3) is 5.91 Å². The molecule has 1 amide bonds. The molecule has 1 N–H and O–H groups in total. The maximum Gasteiger partial charge on any atom is 0.278 e. The summed E-state index contributed by atoms with van der Waals surface area (Å²) in [6.07, 6.45) is 1.26. The van der Waals surface area contributed by atoms with Crippen molar-refractivity contribution in [2.75, 3.05) is 19.5 Å². The van der Waals surface area contributed by atoms with Crippen molar-refractivity contribution < 1.29 is 18.7 Å². The molecule has 0 aliphatic rings. The second kappa shape index (κ2) is 6.87. The highest BCUT2D eigenvalue weighted by Crippen LogP contribution is 2.30. The standard InChI is InChI=1S/C18H16N2O4/c1-22-14-9-8-13(10-15(14)23-2)20-18(21)16-17(24-11-19-16)12-6-4-3-5-7-12/h3-11H,1-2H3,(H,20,21). The Morgan fingerprint density at radius 3 is 2.50 bits per heavy atom. The molecule has 0 fully saturated rings. The van der Waals surface area contributed by atoms with Gasteiger partial charge in [-0.3, -0.25) is 4.79 Å². The maximum atomic E-state index is 12.5. The van der Waals surface area contributed by atoms with Gasteiger partial charge in [0.2, 0.25) is 0 Å². The average Bonchev–Trinajstić information content (AvgIpc) is 3.12. The summed E-state index contributed by atoms with van der Waals surface area (Å²) in [5.41, 5.74) is 1.57. The number of oxazole rings is 1. The lowest BCUT2D eigenvalue weighted by Crippen LogP contribution is -2.13. The molecular formula is C18H16N2O4. The zero-order valence-corrected chi connectivity index (χ0v) is 13.3. The van der Waals surface area contributed by atoms with E-state index < -0.39 is 0 Å². The van der Waals surface area contributed by atoms with Crippen molar-refractivity contribution in [3.63, 3.8) is 0 Å². The summed E-state index contributed by atoms with van der Waals surface area (Å²) in [4.78, 5) is 16.5. The van der Waals surface area contributed by atoms with E-state index in [1.807, 2.05) is 30.3 Å². The van der Waals surface area contributed by atoms with Crippen LogP contribution in [0.5, 0.6) is 11.5 Å². The molecule has 0 spiro atoms. The molecular weight excluding hydrogens is 308 g/mol. The number of carbonyl (C=O) groups excluding carboxylic acids is 1. The summed E-state index contributed by atoms with van der Waals surface area (Å²) >= 11 is 0. The van der Waals surface area contributed by atoms with Crippen LogP contribution in [0.1, 0.15) is 10.5 Å². The van der Waals surface area contributed by atoms with Gasteiger partial charge in [0.15, 0.2) is 29.3 Å². The summed E-state index contributed by atoms with van der Waals surface area (Å²) in [5, 5.41) is 2.78. The van der Waals surface area contributed by atoms with Crippen molar-refractivity contribution >= 4 is 11.6 Å². The second-order valence-corrected chi connectivity index (χ2v) is 4.92. The molecule has 1 heterocycles. The number of aromatic nitrogens is 1. The Balaban J connectivity index is 1.85. The van der Waals surface area contributed by atoms with Crippen LogP contribution in [0.2, 0.25) is 0 Å². The average molecular weight is 324 g/mol. The van der Waals surface area contributed by atoms with Crippen molar-refractivity contribution in [3.05, 3.63) is 60.6 Å². The predicted molar refractivity (Wildman–Crippen MR) is 89.4 cm³/mol. The van der Waals surface area contributed by atoms with E-state index in [4.69, 9.17) is 13.9 Å². The lowest BCUT2D eigenvalue weighted by atomic mass is 10.1. The van der Waals surface area contributed by atoms with Gasteiger partial charge in [0.1, 0.15) is 0 Å². The highest BCUT2D eigenvalue weighted by atomic mass is 16.5. The van der Waals surface area contributed by atoms with Gasteiger partial charge in [0, 0.05) is 17.3 Å². The van der Waals surface area contributed by atoms with Gasteiger partial charge < -0.3 is 19.2 Å². The van der Waals surface area contributed by atoms with Gasteiger partial charge in [-0.1, -0.05) is 30.3 Å². The number of nitrogens with zero attached hydrogens (tertiary/aromatic N) is 1. The van der Waals surface area contributed by atoms with Crippen molar-refractivity contribution in [2.24, 2.45) is 0 Å². The molecule has 0 radical (unpaired) electrons. The lowest BCUT2D eigenvalue weighted by molar-refractivity contribution is 0.102. The van der Waals surface area contributed by atoms with Crippen LogP contribution in [0, 0.1) is 0 Å². The van der Waals surface area contributed by atoms with Crippen molar-refractivity contribution in [2.45, 2.75) is 0 Å². The first kappa shape index (κ1) is 15.6. The number of methoxy groups -OCH3 is 2. The number of hydrogen-bond donors (Lipinski definition) is 1. The minimum absolute atomic E-state index is 0.219. The monoisotopic (exact) mass is 324 g/mol. The molecule has 6 heteroatoms. The molecule has 122 valence electrons. The predicted octanol–water partition coefficient (Wildman–Crippen LogP) is 3.61. The van der Waals surface area contributed by atoms with Crippen LogP contribution in [0.25, 0.3) is 11.3 Å². The molecule has 0 unspecified atom stereocenters. The third-order valence-corrected chi connectivity index (χ3v) is 3.46. The number of benzene rings is 2. The molecule has 0 aliphatic heterocycles. The second-order valence-electron chi connectivity index (χ2n) is 4.92. The third-order valence-electron chi connectivity index (χ3n) is 3.46. The molecule has 0 bridgehead atoms. The van der Waals surface area contributed by atoms with Crippen LogP contribution in [0.4, 0.5) is 5.69 Å². The van der Waals surface area contributed by atoms with E-state index in [-0.39, 0.29) is 11.6 Å². The summed E-state index contributed by atoms with van der Waals surface area (Å²) in [7, 11) is 3.09. The number of hydrogen-bond acceptors (Lipinski definition) is 5. The number of rotatable bonds is 5. The minimum Gasteiger partial charge on any atom is -0.493 e. The Morgan fingerprint density at radius 2 is 1.79 bits per heavy atom. The molecule has 2 aromatic carbocycles. The molecule has 3 rings (SSSR count). The van der Waals surface area contributed by atoms with Gasteiger partial charge in [-0.15, -0.1) is 0 Å². The molecule has 6 nitrogen and oxygen atoms in total. The van der Waals surface area contributed by atoms with Crippen LogP contribution in [0.3, 0.4) is 0 Å². The van der Waals surface area contributed by atoms with Crippen LogP contribution in [-0.4, -0.2) is 25.1 Å². The van der Waals surface area contributed by atoms with Gasteiger partial charge >= 0.3 is 0 Å². The highest BCUT2D eigenvalue weighted by molar-refractivity contribution is 6.06. The Morgan fingerprint density at radius 1 is 1.04 bits per heavy atom. The third kappa shape index (κ3) is 3.08. The zero-order valence-electron chi connectivity index (χ0n) is 13.3. The topological polar surface area (TPSA) is 73.6 Å². The lowest BCUT2D eigenvalue weighted by Gasteiger charge is -2.10. The van der Waals surface area contributed by atoms with E-state index >= 15 is 0 Å². The number of anilines is 1. The zero-order chi connectivity index (χ0) is 16.9. The number of nitrogens with one attached hydrogen (secondary N) is 1. The van der Waals surface area contributed by atoms with E-state index in [9.17, 15) is 4.79 Å². The SMILES string of the molecule is COc1ccc(NC(=O)c2ncoc2-c2ccccc2)cc1OC. The van der Waals surface area contributed by atoms with Crippen molar-refractivity contribution in [3.8, 4) is 22.8 Å². The largest absolute Gasteiger partial charge is 0.493 e. The summed E-state index contributed by atoms with van der Waals surface area (Å²) in [5.74, 6) is 1.17. The van der Waals surface area contributed by atoms with Crippen LogP contribution < -0.4 is 14.8 Å². The van der Waals surface area contributed by atoms with Gasteiger partial charge in [-0.2, -0.15) is 0 Å². The molecule has 3 aromatic rings. The van der Waals surface area contributed by atoms with E-state index in [1.165, 1.54) is 13.5 Å². The Labute approximate surface area is 139 Å². The fourth-order valence-corrected chi connectivity index (χ4v) is 2.31. The summed E-state index contributed by atoms with van der Waals surface area (Å²) in [6.45, 7) is 0. The first-order valence-corrected chi connectivity index (χ1v) is 7.25. The van der Waals surface area contributed by atoms with Gasteiger partial charge in [-0.05, 0) is 12.1 Å². The Bertz CT molecular complexity index is 843. The van der Waals surface area contributed by atoms with Crippen LogP contribution >= 0.6 is 0 Å². The van der Waals surface area contributed by atoms with Crippen molar-refractivity contribution in [1.29, 1.82) is 0 Å². The fraction of sp³-hybridized carbons (Fsp3) is 0.111. The number of amides is 1. The van der Waals surface area contributed by atoms with E-state index in [0.29, 0.717) is 22.9 Å². The fourth-order valence-electron chi connectivity index (χ4n) is 2.31. The van der Waals surface area contributed by atoms with Gasteiger partial charge in [-0.25, -0.2) is 4.98 Å². The van der Waals surface area contributed by atoms with E-state index in [2.05, 4.69) is 10.3 Å². The normalized spacial score (nSPS) is 10.2. The Hall–Kier alpha value is -3.28. The van der Waals surface area contributed by atoms with Gasteiger partial charge in [0.05, 0.1) is 14.2 Å². The molecule has 0 saturated carbocycles. The first-order valence-electron chi connectivity index (χ1n) is 7.25. The van der Waals surface area contributed by atoms with E-state index in [1.54, 1.807) is 25.3 Å². The maximum absolute atomic E-state index is 12.5. The minimum atomic E-state index is -0.366. The summed E-state index contributed by atoms with van der Waals surface area (Å²) < 4.78 is 15.8. The van der Waals surface area contributed by atoms with Crippen LogP contribution in [0.15, 0.2) is 59.3 Å². The quantitative estimate of drug-likeness (QED) is 0.776. The van der Waals surface area contributed by atoms with Crippen LogP contribution in [-0.2, 0) is 0 Å².